The quantitative estimate of drug-likeness (QED) is 0.724. The molecule has 0 unspecified atom stereocenters. The minimum atomic E-state index is -0.273. The zero-order chi connectivity index (χ0) is 11.8. The van der Waals surface area contributed by atoms with E-state index < -0.39 is 0 Å². The fourth-order valence-corrected chi connectivity index (χ4v) is 2.04. The Morgan fingerprint density at radius 3 is 2.44 bits per heavy atom. The summed E-state index contributed by atoms with van der Waals surface area (Å²) >= 11 is 0. The SMILES string of the molecule is Cc1ccc(N2C(=O)COCC2(C)C)cc1. The van der Waals surface area contributed by atoms with Crippen LogP contribution in [-0.2, 0) is 9.53 Å². The molecule has 1 aliphatic rings. The molecule has 0 atom stereocenters. The highest BCUT2D eigenvalue weighted by Gasteiger charge is 2.36. The van der Waals surface area contributed by atoms with E-state index >= 15 is 0 Å². The van der Waals surface area contributed by atoms with Gasteiger partial charge in [0.05, 0.1) is 12.1 Å². The van der Waals surface area contributed by atoms with Crippen LogP contribution in [0.25, 0.3) is 0 Å². The Morgan fingerprint density at radius 1 is 1.25 bits per heavy atom. The van der Waals surface area contributed by atoms with Crippen LogP contribution in [0.3, 0.4) is 0 Å². The number of morpholine rings is 1. The third kappa shape index (κ3) is 1.95. The second kappa shape index (κ2) is 3.91. The van der Waals surface area contributed by atoms with Gasteiger partial charge < -0.3 is 9.64 Å². The van der Waals surface area contributed by atoms with E-state index in [-0.39, 0.29) is 18.1 Å². The molecule has 1 aliphatic heterocycles. The molecule has 1 aromatic rings. The van der Waals surface area contributed by atoms with E-state index in [1.807, 2.05) is 49.9 Å². The van der Waals surface area contributed by atoms with Crippen molar-refractivity contribution < 1.29 is 9.53 Å². The lowest BCUT2D eigenvalue weighted by Gasteiger charge is -2.41. The largest absolute Gasteiger partial charge is 0.369 e. The van der Waals surface area contributed by atoms with Crippen LogP contribution in [0.15, 0.2) is 24.3 Å². The molecule has 0 aromatic heterocycles. The third-order valence-corrected chi connectivity index (χ3v) is 2.83. The lowest BCUT2D eigenvalue weighted by Crippen LogP contribution is -2.56. The first-order chi connectivity index (χ1) is 7.50. The van der Waals surface area contributed by atoms with E-state index in [4.69, 9.17) is 4.74 Å². The third-order valence-electron chi connectivity index (χ3n) is 2.83. The first-order valence-electron chi connectivity index (χ1n) is 5.48. The summed E-state index contributed by atoms with van der Waals surface area (Å²) in [5.74, 6) is 0.0279. The maximum atomic E-state index is 11.9. The van der Waals surface area contributed by atoms with Gasteiger partial charge in [-0.2, -0.15) is 0 Å². The molecule has 0 saturated carbocycles. The minimum absolute atomic E-state index is 0.0279. The van der Waals surface area contributed by atoms with Crippen molar-refractivity contribution in [1.29, 1.82) is 0 Å². The fraction of sp³-hybridized carbons (Fsp3) is 0.462. The number of anilines is 1. The molecule has 1 heterocycles. The van der Waals surface area contributed by atoms with Crippen LogP contribution in [-0.4, -0.2) is 24.7 Å². The second-order valence-corrected chi connectivity index (χ2v) is 4.87. The normalized spacial score (nSPS) is 19.9. The van der Waals surface area contributed by atoms with Gasteiger partial charge >= 0.3 is 0 Å². The predicted octanol–water partition coefficient (Wildman–Crippen LogP) is 2.14. The number of ether oxygens (including phenoxy) is 1. The van der Waals surface area contributed by atoms with Crippen LogP contribution < -0.4 is 4.90 Å². The number of rotatable bonds is 1. The highest BCUT2D eigenvalue weighted by atomic mass is 16.5. The topological polar surface area (TPSA) is 29.5 Å². The molecule has 1 aromatic carbocycles. The van der Waals surface area contributed by atoms with Crippen molar-refractivity contribution in [3.8, 4) is 0 Å². The van der Waals surface area contributed by atoms with Crippen LogP contribution in [0.4, 0.5) is 5.69 Å². The van der Waals surface area contributed by atoms with Gasteiger partial charge in [-0.25, -0.2) is 0 Å². The number of benzene rings is 1. The summed E-state index contributed by atoms with van der Waals surface area (Å²) in [4.78, 5) is 13.7. The Balaban J connectivity index is 2.36. The van der Waals surface area contributed by atoms with Gasteiger partial charge in [-0.15, -0.1) is 0 Å². The summed E-state index contributed by atoms with van der Waals surface area (Å²) in [5, 5.41) is 0. The molecule has 2 rings (SSSR count). The average Bonchev–Trinajstić information content (AvgIpc) is 2.19. The van der Waals surface area contributed by atoms with Crippen LogP contribution in [0, 0.1) is 6.92 Å². The van der Waals surface area contributed by atoms with E-state index in [2.05, 4.69) is 0 Å². The Morgan fingerprint density at radius 2 is 1.88 bits per heavy atom. The Hall–Kier alpha value is -1.35. The summed E-state index contributed by atoms with van der Waals surface area (Å²) < 4.78 is 5.28. The second-order valence-electron chi connectivity index (χ2n) is 4.87. The Kier molecular flexibility index (Phi) is 2.72. The molecule has 1 saturated heterocycles. The molecule has 3 nitrogen and oxygen atoms in total. The molecule has 0 bridgehead atoms. The van der Waals surface area contributed by atoms with E-state index in [1.54, 1.807) is 0 Å². The molecule has 0 radical (unpaired) electrons. The average molecular weight is 219 g/mol. The van der Waals surface area contributed by atoms with Crippen molar-refractivity contribution in [2.24, 2.45) is 0 Å². The van der Waals surface area contributed by atoms with E-state index in [1.165, 1.54) is 5.56 Å². The highest BCUT2D eigenvalue weighted by molar-refractivity contribution is 5.96. The fourth-order valence-electron chi connectivity index (χ4n) is 2.04. The molecule has 16 heavy (non-hydrogen) atoms. The summed E-state index contributed by atoms with van der Waals surface area (Å²) in [6.45, 7) is 6.83. The Bertz CT molecular complexity index is 395. The zero-order valence-corrected chi connectivity index (χ0v) is 9.99. The minimum Gasteiger partial charge on any atom is -0.369 e. The predicted molar refractivity (Wildman–Crippen MR) is 63.6 cm³/mol. The van der Waals surface area contributed by atoms with Gasteiger partial charge in [0.1, 0.15) is 6.61 Å². The van der Waals surface area contributed by atoms with Gasteiger partial charge in [0, 0.05) is 5.69 Å². The van der Waals surface area contributed by atoms with Crippen LogP contribution in [0.5, 0.6) is 0 Å². The molecular formula is C13H17NO2. The van der Waals surface area contributed by atoms with Gasteiger partial charge in [0.15, 0.2) is 0 Å². The number of nitrogens with zero attached hydrogens (tertiary/aromatic N) is 1. The molecular weight excluding hydrogens is 202 g/mol. The van der Waals surface area contributed by atoms with E-state index in [9.17, 15) is 4.79 Å². The van der Waals surface area contributed by atoms with Gasteiger partial charge in [0.2, 0.25) is 0 Å². The number of hydrogen-bond donors (Lipinski definition) is 0. The van der Waals surface area contributed by atoms with Crippen molar-refractivity contribution >= 4 is 11.6 Å². The molecule has 0 N–H and O–H groups in total. The number of carbonyl (C=O) groups is 1. The first-order valence-corrected chi connectivity index (χ1v) is 5.48. The number of aryl methyl sites for hydroxylation is 1. The smallest absolute Gasteiger partial charge is 0.253 e. The lowest BCUT2D eigenvalue weighted by molar-refractivity contribution is -0.129. The number of hydrogen-bond acceptors (Lipinski definition) is 2. The van der Waals surface area contributed by atoms with Crippen molar-refractivity contribution in [2.75, 3.05) is 18.1 Å². The van der Waals surface area contributed by atoms with Crippen molar-refractivity contribution in [2.45, 2.75) is 26.3 Å². The van der Waals surface area contributed by atoms with Gasteiger partial charge in [-0.1, -0.05) is 17.7 Å². The monoisotopic (exact) mass is 219 g/mol. The number of amides is 1. The molecule has 0 spiro atoms. The van der Waals surface area contributed by atoms with E-state index in [0.29, 0.717) is 6.61 Å². The molecule has 1 fully saturated rings. The Labute approximate surface area is 96.0 Å². The van der Waals surface area contributed by atoms with Crippen molar-refractivity contribution in [3.63, 3.8) is 0 Å². The maximum Gasteiger partial charge on any atom is 0.253 e. The summed E-state index contributed by atoms with van der Waals surface area (Å²) in [7, 11) is 0. The van der Waals surface area contributed by atoms with Crippen molar-refractivity contribution in [3.05, 3.63) is 29.8 Å². The van der Waals surface area contributed by atoms with Crippen molar-refractivity contribution in [1.82, 2.24) is 0 Å². The van der Waals surface area contributed by atoms with Gasteiger partial charge in [-0.05, 0) is 32.9 Å². The van der Waals surface area contributed by atoms with Gasteiger partial charge in [-0.3, -0.25) is 4.79 Å². The van der Waals surface area contributed by atoms with Crippen LogP contribution in [0.2, 0.25) is 0 Å². The van der Waals surface area contributed by atoms with Crippen LogP contribution >= 0.6 is 0 Å². The number of carbonyl (C=O) groups excluding carboxylic acids is 1. The molecule has 0 aliphatic carbocycles. The highest BCUT2D eigenvalue weighted by Crippen LogP contribution is 2.27. The van der Waals surface area contributed by atoms with Crippen LogP contribution in [0.1, 0.15) is 19.4 Å². The lowest BCUT2D eigenvalue weighted by atomic mass is 10.0. The van der Waals surface area contributed by atoms with E-state index in [0.717, 1.165) is 5.69 Å². The molecule has 86 valence electrons. The first kappa shape index (κ1) is 11.1. The molecule has 3 heteroatoms. The summed E-state index contributed by atoms with van der Waals surface area (Å²) in [6.07, 6.45) is 0. The molecule has 1 amide bonds. The summed E-state index contributed by atoms with van der Waals surface area (Å²) in [5.41, 5.74) is 1.87. The maximum absolute atomic E-state index is 11.9. The standard InChI is InChI=1S/C13H17NO2/c1-10-4-6-11(7-5-10)14-12(15)8-16-9-13(14,2)3/h4-7H,8-9H2,1-3H3. The zero-order valence-electron chi connectivity index (χ0n) is 9.99. The summed E-state index contributed by atoms with van der Waals surface area (Å²) in [6, 6.07) is 8.02. The van der Waals surface area contributed by atoms with Gasteiger partial charge in [0.25, 0.3) is 5.91 Å².